The van der Waals surface area contributed by atoms with Crippen LogP contribution >= 0.6 is 0 Å². The van der Waals surface area contributed by atoms with Gasteiger partial charge in [0.05, 0.1) is 11.1 Å². The summed E-state index contributed by atoms with van der Waals surface area (Å²) in [4.78, 5) is 13.0. The minimum absolute atomic E-state index is 0.203. The summed E-state index contributed by atoms with van der Waals surface area (Å²) >= 11 is 0. The number of hydrogen-bond acceptors (Lipinski definition) is 3. The first-order valence-electron chi connectivity index (χ1n) is 6.28. The Kier molecular flexibility index (Phi) is 3.89. The Morgan fingerprint density at radius 2 is 2.15 bits per heavy atom. The van der Waals surface area contributed by atoms with E-state index in [-0.39, 0.29) is 6.04 Å². The van der Waals surface area contributed by atoms with Gasteiger partial charge in [-0.3, -0.25) is 4.79 Å². The summed E-state index contributed by atoms with van der Waals surface area (Å²) in [6, 6.07) is 3.85. The van der Waals surface area contributed by atoms with Crippen molar-refractivity contribution in [3.8, 4) is 0 Å². The van der Waals surface area contributed by atoms with Crippen LogP contribution in [-0.4, -0.2) is 31.6 Å². The predicted molar refractivity (Wildman–Crippen MR) is 69.6 cm³/mol. The molecule has 7 heteroatoms. The molecule has 0 aliphatic carbocycles. The maximum absolute atomic E-state index is 13.0. The van der Waals surface area contributed by atoms with Crippen molar-refractivity contribution in [2.24, 2.45) is 5.73 Å². The van der Waals surface area contributed by atoms with E-state index in [9.17, 15) is 18.0 Å². The van der Waals surface area contributed by atoms with Gasteiger partial charge < -0.3 is 16.0 Å². The lowest BCUT2D eigenvalue weighted by atomic mass is 10.0. The van der Waals surface area contributed by atoms with E-state index in [1.54, 1.807) is 0 Å². The normalized spacial score (nSPS) is 20.0. The lowest BCUT2D eigenvalue weighted by Crippen LogP contribution is -2.49. The minimum Gasteiger partial charge on any atom is -0.369 e. The molecule has 1 saturated heterocycles. The zero-order chi connectivity index (χ0) is 14.9. The van der Waals surface area contributed by atoms with E-state index in [2.05, 4.69) is 5.32 Å². The molecule has 1 fully saturated rings. The number of rotatable bonds is 2. The van der Waals surface area contributed by atoms with Gasteiger partial charge in [0.15, 0.2) is 0 Å². The molecule has 0 unspecified atom stereocenters. The van der Waals surface area contributed by atoms with E-state index in [1.165, 1.54) is 6.07 Å². The van der Waals surface area contributed by atoms with Gasteiger partial charge in [-0.1, -0.05) is 0 Å². The quantitative estimate of drug-likeness (QED) is 0.868. The van der Waals surface area contributed by atoms with Gasteiger partial charge in [-0.05, 0) is 25.1 Å². The summed E-state index contributed by atoms with van der Waals surface area (Å²) in [6.07, 6.45) is -4.60. The Labute approximate surface area is 114 Å². The lowest BCUT2D eigenvalue weighted by Gasteiger charge is -2.34. The second kappa shape index (κ2) is 5.32. The Hall–Kier alpha value is -1.76. The van der Waals surface area contributed by atoms with Crippen LogP contribution in [0.1, 0.15) is 22.8 Å². The number of nitrogens with one attached hydrogen (secondary N) is 1. The van der Waals surface area contributed by atoms with Crippen LogP contribution in [-0.2, 0) is 6.18 Å². The Morgan fingerprint density at radius 1 is 1.45 bits per heavy atom. The van der Waals surface area contributed by atoms with Gasteiger partial charge in [0.25, 0.3) is 0 Å². The van der Waals surface area contributed by atoms with Crippen molar-refractivity contribution in [3.05, 3.63) is 29.3 Å². The molecule has 3 N–H and O–H groups in total. The van der Waals surface area contributed by atoms with Gasteiger partial charge in [0.1, 0.15) is 0 Å². The fourth-order valence-electron chi connectivity index (χ4n) is 2.35. The summed E-state index contributed by atoms with van der Waals surface area (Å²) in [7, 11) is 0. The highest BCUT2D eigenvalue weighted by atomic mass is 19.4. The molecule has 1 heterocycles. The van der Waals surface area contributed by atoms with Gasteiger partial charge in [-0.25, -0.2) is 0 Å². The molecule has 20 heavy (non-hydrogen) atoms. The van der Waals surface area contributed by atoms with Gasteiger partial charge in [0, 0.05) is 31.4 Å². The number of nitrogens with zero attached hydrogens (tertiary/aromatic N) is 1. The third kappa shape index (κ3) is 3.04. The van der Waals surface area contributed by atoms with Gasteiger partial charge in [-0.15, -0.1) is 0 Å². The molecule has 1 amide bonds. The fraction of sp³-hybridized carbons (Fsp3) is 0.462. The first kappa shape index (κ1) is 14.6. The van der Waals surface area contributed by atoms with Crippen LogP contribution in [0, 0.1) is 0 Å². The summed E-state index contributed by atoms with van der Waals surface area (Å²) in [6.45, 7) is 3.92. The summed E-state index contributed by atoms with van der Waals surface area (Å²) in [5.74, 6) is -1.07. The SMILES string of the molecule is C[C@H]1CN(c2ccc(C(N)=O)c(C(F)(F)F)c2)CCN1. The lowest BCUT2D eigenvalue weighted by molar-refractivity contribution is -0.137. The van der Waals surface area contributed by atoms with E-state index < -0.39 is 23.2 Å². The molecule has 0 spiro atoms. The topological polar surface area (TPSA) is 58.4 Å². The number of primary amides is 1. The van der Waals surface area contributed by atoms with Crippen molar-refractivity contribution in [2.45, 2.75) is 19.1 Å². The number of hydrogen-bond donors (Lipinski definition) is 2. The molecule has 1 aromatic rings. The average molecular weight is 287 g/mol. The minimum atomic E-state index is -4.60. The van der Waals surface area contributed by atoms with Crippen LogP contribution < -0.4 is 16.0 Å². The van der Waals surface area contributed by atoms with Crippen molar-refractivity contribution in [3.63, 3.8) is 0 Å². The van der Waals surface area contributed by atoms with Crippen LogP contribution in [0.4, 0.5) is 18.9 Å². The number of carbonyl (C=O) groups excluding carboxylic acids is 1. The number of carbonyl (C=O) groups is 1. The Balaban J connectivity index is 2.39. The summed E-state index contributed by atoms with van der Waals surface area (Å²) in [5.41, 5.74) is 3.98. The number of piperazine rings is 1. The summed E-state index contributed by atoms with van der Waals surface area (Å²) < 4.78 is 39.0. The number of alkyl halides is 3. The molecular weight excluding hydrogens is 271 g/mol. The van der Waals surface area contributed by atoms with Crippen molar-refractivity contribution in [1.29, 1.82) is 0 Å². The number of anilines is 1. The molecule has 2 rings (SSSR count). The Bertz CT molecular complexity index is 516. The fourth-order valence-corrected chi connectivity index (χ4v) is 2.35. The van der Waals surface area contributed by atoms with Crippen molar-refractivity contribution in [2.75, 3.05) is 24.5 Å². The molecule has 0 radical (unpaired) electrons. The first-order valence-corrected chi connectivity index (χ1v) is 6.28. The number of nitrogens with two attached hydrogens (primary N) is 1. The van der Waals surface area contributed by atoms with Crippen LogP contribution in [0.15, 0.2) is 18.2 Å². The first-order chi connectivity index (χ1) is 9.29. The van der Waals surface area contributed by atoms with E-state index in [4.69, 9.17) is 5.73 Å². The largest absolute Gasteiger partial charge is 0.417 e. The number of benzene rings is 1. The number of amides is 1. The van der Waals surface area contributed by atoms with E-state index in [0.29, 0.717) is 25.3 Å². The molecule has 1 aromatic carbocycles. The van der Waals surface area contributed by atoms with Crippen molar-refractivity contribution >= 4 is 11.6 Å². The standard InChI is InChI=1S/C13H16F3N3O/c1-8-7-19(5-4-18-8)9-2-3-10(12(17)20)11(6-9)13(14,15)16/h2-3,6,8,18H,4-5,7H2,1H3,(H2,17,20)/t8-/m0/s1. The van der Waals surface area contributed by atoms with Gasteiger partial charge in [0.2, 0.25) is 5.91 Å². The van der Waals surface area contributed by atoms with Crippen LogP contribution in [0.3, 0.4) is 0 Å². The van der Waals surface area contributed by atoms with E-state index >= 15 is 0 Å². The smallest absolute Gasteiger partial charge is 0.369 e. The highest BCUT2D eigenvalue weighted by molar-refractivity contribution is 5.95. The van der Waals surface area contributed by atoms with Gasteiger partial charge >= 0.3 is 6.18 Å². The molecule has 110 valence electrons. The Morgan fingerprint density at radius 3 is 2.70 bits per heavy atom. The molecule has 0 bridgehead atoms. The predicted octanol–water partition coefficient (Wildman–Crippen LogP) is 1.60. The molecule has 1 atom stereocenters. The molecule has 0 saturated carbocycles. The average Bonchev–Trinajstić information content (AvgIpc) is 2.37. The van der Waals surface area contributed by atoms with Crippen molar-refractivity contribution in [1.82, 2.24) is 5.32 Å². The second-order valence-corrected chi connectivity index (χ2v) is 4.89. The molecule has 0 aromatic heterocycles. The zero-order valence-corrected chi connectivity index (χ0v) is 11.0. The molecular formula is C13H16F3N3O. The van der Waals surface area contributed by atoms with Crippen molar-refractivity contribution < 1.29 is 18.0 Å². The monoisotopic (exact) mass is 287 g/mol. The molecule has 1 aliphatic rings. The highest BCUT2D eigenvalue weighted by Crippen LogP contribution is 2.34. The summed E-state index contributed by atoms with van der Waals surface area (Å²) in [5, 5.41) is 3.22. The van der Waals surface area contributed by atoms with Crippen LogP contribution in [0.5, 0.6) is 0 Å². The van der Waals surface area contributed by atoms with E-state index in [1.807, 2.05) is 11.8 Å². The van der Waals surface area contributed by atoms with Crippen LogP contribution in [0.25, 0.3) is 0 Å². The van der Waals surface area contributed by atoms with E-state index in [0.717, 1.165) is 12.1 Å². The molecule has 1 aliphatic heterocycles. The maximum Gasteiger partial charge on any atom is 0.417 e. The highest BCUT2D eigenvalue weighted by Gasteiger charge is 2.35. The second-order valence-electron chi connectivity index (χ2n) is 4.89. The third-order valence-electron chi connectivity index (χ3n) is 3.31. The van der Waals surface area contributed by atoms with Gasteiger partial charge in [-0.2, -0.15) is 13.2 Å². The molecule has 4 nitrogen and oxygen atoms in total. The number of halogens is 3. The maximum atomic E-state index is 13.0. The van der Waals surface area contributed by atoms with Crippen LogP contribution in [0.2, 0.25) is 0 Å². The third-order valence-corrected chi connectivity index (χ3v) is 3.31. The zero-order valence-electron chi connectivity index (χ0n) is 11.0.